The molecule has 0 spiro atoms. The molecule has 10 heteroatoms. The summed E-state index contributed by atoms with van der Waals surface area (Å²) in [7, 11) is 3.43. The minimum Gasteiger partial charge on any atom is -0.497 e. The smallest absolute Gasteiger partial charge is 0.239 e. The fourth-order valence-electron chi connectivity index (χ4n) is 8.37. The van der Waals surface area contributed by atoms with Gasteiger partial charge in [0.05, 0.1) is 31.8 Å². The Balaban J connectivity index is 1.71. The van der Waals surface area contributed by atoms with Crippen LogP contribution in [0.5, 0.6) is 17.2 Å². The number of benzene rings is 2. The largest absolute Gasteiger partial charge is 0.497 e. The standard InChI is InChI=1S/C42H56N2O8/c1-6-22-49-32-18-19-37-35(27-32)40-33(17-10-12-21-46)30(15-9-11-20-45)26-34-36(43-51-8-3)28-38(42(52-37,41(34)40)50-23-7-2)44(4)39(47)25-29-14-13-16-31(24-29)48-5/h6-7,13-14,16,18-19,24,26-27,30,33,38,40-41,45-46H,1-2,8-12,15,17,20-23,25,28H2,3-5H3/t30-,33+,38-,40+,41+,42+/m0/s1. The zero-order chi connectivity index (χ0) is 37.1. The molecule has 1 fully saturated rings. The van der Waals surface area contributed by atoms with Gasteiger partial charge in [0.2, 0.25) is 11.7 Å². The lowest BCUT2D eigenvalue weighted by molar-refractivity contribution is -0.255. The average Bonchev–Trinajstić information content (AvgIpc) is 3.16. The van der Waals surface area contributed by atoms with Gasteiger partial charge in [-0.3, -0.25) is 4.79 Å². The van der Waals surface area contributed by atoms with Gasteiger partial charge in [-0.15, -0.1) is 6.58 Å². The van der Waals surface area contributed by atoms with E-state index in [2.05, 4.69) is 25.3 Å². The summed E-state index contributed by atoms with van der Waals surface area (Å²) in [6.45, 7) is 10.9. The molecule has 0 unspecified atom stereocenters. The second-order valence-electron chi connectivity index (χ2n) is 13.8. The SMILES string of the molecule is C=CCOc1ccc2c(c1)[C@H]1[C@H](CCCCO)[C@@H](CCCCO)C=C3C(=NOCC)C[C@H](N(C)C(=O)Cc4cccc(OC)c4)[C@@](OCC=C)(O2)[C@H]31. The van der Waals surface area contributed by atoms with Crippen molar-refractivity contribution in [1.29, 1.82) is 0 Å². The van der Waals surface area contributed by atoms with Crippen LogP contribution >= 0.6 is 0 Å². The molecule has 0 aromatic heterocycles. The predicted octanol–water partition coefficient (Wildman–Crippen LogP) is 6.61. The molecule has 1 aliphatic heterocycles. The number of carbonyl (C=O) groups excluding carboxylic acids is 1. The molecule has 2 aliphatic carbocycles. The Kier molecular flexibility index (Phi) is 14.0. The number of aliphatic hydroxyl groups is 2. The molecular formula is C42H56N2O8. The summed E-state index contributed by atoms with van der Waals surface area (Å²) in [4.78, 5) is 21.8. The number of ether oxygens (including phenoxy) is 4. The average molecular weight is 717 g/mol. The summed E-state index contributed by atoms with van der Waals surface area (Å²) < 4.78 is 25.6. The lowest BCUT2D eigenvalue weighted by Crippen LogP contribution is -2.69. The molecule has 5 rings (SSSR count). The number of nitrogens with zero attached hydrogens (tertiary/aromatic N) is 2. The van der Waals surface area contributed by atoms with Crippen LogP contribution in [0.3, 0.4) is 0 Å². The van der Waals surface area contributed by atoms with E-state index in [9.17, 15) is 15.0 Å². The van der Waals surface area contributed by atoms with Crippen molar-refractivity contribution in [3.8, 4) is 17.2 Å². The number of carbonyl (C=O) groups is 1. The first kappa shape index (κ1) is 39.1. The summed E-state index contributed by atoms with van der Waals surface area (Å²) in [6.07, 6.45) is 11.1. The maximum Gasteiger partial charge on any atom is 0.239 e. The normalized spacial score (nSPS) is 25.2. The lowest BCUT2D eigenvalue weighted by atomic mass is 9.55. The van der Waals surface area contributed by atoms with Crippen molar-refractivity contribution in [2.24, 2.45) is 22.9 Å². The quantitative estimate of drug-likeness (QED) is 0.0893. The van der Waals surface area contributed by atoms with E-state index >= 15 is 0 Å². The Morgan fingerprint density at radius 1 is 1.04 bits per heavy atom. The van der Waals surface area contributed by atoms with Crippen molar-refractivity contribution >= 4 is 11.6 Å². The van der Waals surface area contributed by atoms with Crippen LogP contribution in [0.2, 0.25) is 0 Å². The zero-order valence-corrected chi connectivity index (χ0v) is 31.0. The molecule has 2 aromatic rings. The van der Waals surface area contributed by atoms with E-state index in [1.165, 1.54) is 0 Å². The molecule has 0 saturated heterocycles. The highest BCUT2D eigenvalue weighted by atomic mass is 16.7. The Hall–Kier alpha value is -4.12. The van der Waals surface area contributed by atoms with Crippen LogP contribution in [0, 0.1) is 17.8 Å². The van der Waals surface area contributed by atoms with Gasteiger partial charge in [0.25, 0.3) is 0 Å². The van der Waals surface area contributed by atoms with Crippen LogP contribution in [0.1, 0.15) is 68.9 Å². The molecule has 2 aromatic carbocycles. The van der Waals surface area contributed by atoms with Crippen LogP contribution in [0.4, 0.5) is 0 Å². The van der Waals surface area contributed by atoms with Crippen LogP contribution in [-0.2, 0) is 20.8 Å². The number of unbranched alkanes of at least 4 members (excludes halogenated alkanes) is 2. The van der Waals surface area contributed by atoms with Gasteiger partial charge in [-0.05, 0) is 85.9 Å². The summed E-state index contributed by atoms with van der Waals surface area (Å²) >= 11 is 0. The summed E-state index contributed by atoms with van der Waals surface area (Å²) in [5.74, 6) is 0.490. The first-order valence-electron chi connectivity index (χ1n) is 18.7. The van der Waals surface area contributed by atoms with Gasteiger partial charge < -0.3 is 38.9 Å². The Morgan fingerprint density at radius 3 is 2.52 bits per heavy atom. The van der Waals surface area contributed by atoms with E-state index in [1.807, 2.05) is 50.4 Å². The Labute approximate surface area is 308 Å². The number of oxime groups is 1. The third kappa shape index (κ3) is 8.40. The zero-order valence-electron chi connectivity index (χ0n) is 31.0. The van der Waals surface area contributed by atoms with Crippen molar-refractivity contribution in [3.05, 3.63) is 90.6 Å². The number of fused-ring (bicyclic) bond motifs is 2. The maximum absolute atomic E-state index is 14.3. The second-order valence-corrected chi connectivity index (χ2v) is 13.8. The number of hydrogen-bond acceptors (Lipinski definition) is 9. The van der Waals surface area contributed by atoms with Crippen LogP contribution in [0.15, 0.2) is 84.6 Å². The monoisotopic (exact) mass is 716 g/mol. The fourth-order valence-corrected chi connectivity index (χ4v) is 8.37. The van der Waals surface area contributed by atoms with Crippen LogP contribution in [-0.4, -0.2) is 85.8 Å². The molecular weight excluding hydrogens is 660 g/mol. The van der Waals surface area contributed by atoms with E-state index < -0.39 is 11.8 Å². The number of methoxy groups -OCH3 is 1. The molecule has 0 bridgehead atoms. The van der Waals surface area contributed by atoms with Crippen molar-refractivity contribution in [1.82, 2.24) is 4.90 Å². The molecule has 6 atom stereocenters. The molecule has 3 aliphatic rings. The van der Waals surface area contributed by atoms with E-state index in [1.54, 1.807) is 24.2 Å². The molecule has 1 amide bonds. The molecule has 52 heavy (non-hydrogen) atoms. The molecule has 282 valence electrons. The number of hydrogen-bond donors (Lipinski definition) is 2. The first-order valence-corrected chi connectivity index (χ1v) is 18.7. The van der Waals surface area contributed by atoms with Crippen LogP contribution < -0.4 is 14.2 Å². The Bertz CT molecular complexity index is 1590. The number of amides is 1. The summed E-state index contributed by atoms with van der Waals surface area (Å²) in [6, 6.07) is 12.9. The number of allylic oxidation sites excluding steroid dienone is 1. The molecule has 2 N–H and O–H groups in total. The maximum atomic E-state index is 14.3. The molecule has 1 saturated carbocycles. The highest BCUT2D eigenvalue weighted by Gasteiger charge is 2.65. The summed E-state index contributed by atoms with van der Waals surface area (Å²) in [5, 5.41) is 24.3. The van der Waals surface area contributed by atoms with Gasteiger partial charge in [0, 0.05) is 38.2 Å². The van der Waals surface area contributed by atoms with E-state index in [4.69, 9.17) is 28.9 Å². The number of aliphatic hydroxyl groups excluding tert-OH is 2. The minimum atomic E-state index is -1.30. The third-order valence-corrected chi connectivity index (χ3v) is 10.7. The third-order valence-electron chi connectivity index (χ3n) is 10.7. The topological polar surface area (TPSA) is 119 Å². The van der Waals surface area contributed by atoms with Gasteiger partial charge in [-0.1, -0.05) is 54.9 Å². The lowest BCUT2D eigenvalue weighted by Gasteiger charge is -2.59. The minimum absolute atomic E-state index is 0.0978. The van der Waals surface area contributed by atoms with Crippen molar-refractivity contribution < 1.29 is 38.8 Å². The number of likely N-dealkylation sites (N-methyl/N-ethyl adjacent to an activating group) is 1. The van der Waals surface area contributed by atoms with Crippen LogP contribution in [0.25, 0.3) is 0 Å². The highest BCUT2D eigenvalue weighted by molar-refractivity contribution is 6.03. The van der Waals surface area contributed by atoms with Gasteiger partial charge in [0.1, 0.15) is 36.5 Å². The second kappa shape index (κ2) is 18.6. The van der Waals surface area contributed by atoms with Gasteiger partial charge in [-0.25, -0.2) is 0 Å². The van der Waals surface area contributed by atoms with E-state index in [0.717, 1.165) is 48.1 Å². The number of rotatable bonds is 20. The first-order chi connectivity index (χ1) is 25.3. The van der Waals surface area contributed by atoms with Gasteiger partial charge in [0.15, 0.2) is 0 Å². The van der Waals surface area contributed by atoms with Crippen molar-refractivity contribution in [2.45, 2.75) is 76.0 Å². The van der Waals surface area contributed by atoms with E-state index in [0.29, 0.717) is 49.7 Å². The highest BCUT2D eigenvalue weighted by Crippen LogP contribution is 2.61. The Morgan fingerprint density at radius 2 is 1.81 bits per heavy atom. The van der Waals surface area contributed by atoms with Gasteiger partial charge >= 0.3 is 0 Å². The molecule has 10 nitrogen and oxygen atoms in total. The van der Waals surface area contributed by atoms with Gasteiger partial charge in [-0.2, -0.15) is 0 Å². The van der Waals surface area contributed by atoms with Crippen molar-refractivity contribution in [3.63, 3.8) is 0 Å². The van der Waals surface area contributed by atoms with E-state index in [-0.39, 0.29) is 55.8 Å². The van der Waals surface area contributed by atoms with Crippen molar-refractivity contribution in [2.75, 3.05) is 47.2 Å². The summed E-state index contributed by atoms with van der Waals surface area (Å²) in [5.41, 5.74) is 3.62. The molecule has 1 heterocycles. The fraction of sp³-hybridized carbons (Fsp3) is 0.524. The molecule has 0 radical (unpaired) electrons. The predicted molar refractivity (Wildman–Crippen MR) is 202 cm³/mol.